The van der Waals surface area contributed by atoms with Gasteiger partial charge in [0.15, 0.2) is 0 Å². The molecule has 1 atom stereocenters. The van der Waals surface area contributed by atoms with Gasteiger partial charge < -0.3 is 5.32 Å². The van der Waals surface area contributed by atoms with Crippen LogP contribution in [0.3, 0.4) is 0 Å². The standard InChI is InChI=1S/C17H6Br2ClF9N2O2/c18-8-4-6(14(21,16(24,25)26)15(22,23)17(27,28)29)5-9(19)12(8)30-13(32)7-2-1-3-10(31-33)11(7)20/h1-5H,(H,30,32). The minimum absolute atomic E-state index is 0.0124. The molecule has 0 aliphatic heterocycles. The Morgan fingerprint density at radius 3 is 1.85 bits per heavy atom. The van der Waals surface area contributed by atoms with Gasteiger partial charge in [-0.05, 0) is 61.3 Å². The van der Waals surface area contributed by atoms with E-state index < -0.39 is 55.1 Å². The summed E-state index contributed by atoms with van der Waals surface area (Å²) in [5, 5.41) is 4.26. The second-order valence-corrected chi connectivity index (χ2v) is 8.31. The quantitative estimate of drug-likeness (QED) is 0.265. The molecule has 2 rings (SSSR count). The van der Waals surface area contributed by atoms with E-state index in [2.05, 4.69) is 42.4 Å². The zero-order valence-corrected chi connectivity index (χ0v) is 19.1. The van der Waals surface area contributed by atoms with Crippen molar-refractivity contribution in [2.75, 3.05) is 5.32 Å². The summed E-state index contributed by atoms with van der Waals surface area (Å²) in [4.78, 5) is 23.1. The highest BCUT2D eigenvalue weighted by Gasteiger charge is 2.81. The number of hydrogen-bond donors (Lipinski definition) is 1. The van der Waals surface area contributed by atoms with E-state index >= 15 is 0 Å². The molecule has 1 amide bonds. The van der Waals surface area contributed by atoms with E-state index in [9.17, 15) is 49.2 Å². The molecule has 0 radical (unpaired) electrons. The predicted molar refractivity (Wildman–Crippen MR) is 107 cm³/mol. The maximum atomic E-state index is 14.7. The van der Waals surface area contributed by atoms with Crippen molar-refractivity contribution in [3.8, 4) is 0 Å². The van der Waals surface area contributed by atoms with Gasteiger partial charge in [0, 0.05) is 14.5 Å². The lowest BCUT2D eigenvalue weighted by Gasteiger charge is -2.36. The Morgan fingerprint density at radius 1 is 0.909 bits per heavy atom. The van der Waals surface area contributed by atoms with Crippen LogP contribution >= 0.6 is 43.5 Å². The molecule has 0 aromatic heterocycles. The first-order chi connectivity index (χ1) is 14.9. The number of alkyl halides is 9. The Hall–Kier alpha value is -1.87. The number of rotatable bonds is 5. The molecule has 0 aliphatic rings. The minimum Gasteiger partial charge on any atom is -0.320 e. The summed E-state index contributed by atoms with van der Waals surface area (Å²) in [5.41, 5.74) is -9.41. The van der Waals surface area contributed by atoms with Crippen molar-refractivity contribution in [1.82, 2.24) is 0 Å². The van der Waals surface area contributed by atoms with Crippen LogP contribution in [0, 0.1) is 4.91 Å². The lowest BCUT2D eigenvalue weighted by atomic mass is 9.87. The molecule has 16 heteroatoms. The van der Waals surface area contributed by atoms with Crippen molar-refractivity contribution in [2.45, 2.75) is 23.9 Å². The van der Waals surface area contributed by atoms with Gasteiger partial charge in [0.25, 0.3) is 5.91 Å². The molecule has 2 aromatic rings. The van der Waals surface area contributed by atoms with Crippen LogP contribution in [0.15, 0.2) is 44.5 Å². The molecular weight excluding hydrogens is 630 g/mol. The third-order valence-electron chi connectivity index (χ3n) is 4.18. The summed E-state index contributed by atoms with van der Waals surface area (Å²) in [5.74, 6) is -7.93. The third-order valence-corrected chi connectivity index (χ3v) is 5.83. The van der Waals surface area contributed by atoms with Gasteiger partial charge in [-0.2, -0.15) is 35.1 Å². The molecule has 0 heterocycles. The number of carbonyl (C=O) groups excluding carboxylic acids is 1. The second kappa shape index (κ2) is 9.06. The van der Waals surface area contributed by atoms with Gasteiger partial charge in [-0.1, -0.05) is 17.7 Å². The zero-order valence-electron chi connectivity index (χ0n) is 15.2. The van der Waals surface area contributed by atoms with Crippen LogP contribution < -0.4 is 5.32 Å². The summed E-state index contributed by atoms with van der Waals surface area (Å²) in [6.45, 7) is 0. The number of amides is 1. The summed E-state index contributed by atoms with van der Waals surface area (Å²) in [7, 11) is 0. The smallest absolute Gasteiger partial charge is 0.320 e. The normalized spacial score (nSPS) is 14.5. The molecule has 0 bridgehead atoms. The number of nitrogens with one attached hydrogen (secondary N) is 1. The zero-order chi connectivity index (χ0) is 25.6. The van der Waals surface area contributed by atoms with Crippen molar-refractivity contribution in [2.24, 2.45) is 5.18 Å². The van der Waals surface area contributed by atoms with Crippen LogP contribution in [0.25, 0.3) is 0 Å². The number of anilines is 1. The molecule has 33 heavy (non-hydrogen) atoms. The maximum absolute atomic E-state index is 14.7. The molecule has 0 spiro atoms. The van der Waals surface area contributed by atoms with Gasteiger partial charge in [-0.15, -0.1) is 4.91 Å². The van der Waals surface area contributed by atoms with Crippen LogP contribution in [0.2, 0.25) is 5.02 Å². The van der Waals surface area contributed by atoms with Gasteiger partial charge in [-0.3, -0.25) is 4.79 Å². The second-order valence-electron chi connectivity index (χ2n) is 6.23. The Kier molecular flexibility index (Phi) is 7.51. The van der Waals surface area contributed by atoms with Gasteiger partial charge in [0.05, 0.1) is 16.3 Å². The number of nitroso groups, excluding NO2 is 1. The van der Waals surface area contributed by atoms with Crippen LogP contribution in [-0.4, -0.2) is 24.2 Å². The van der Waals surface area contributed by atoms with E-state index in [0.29, 0.717) is 0 Å². The highest BCUT2D eigenvalue weighted by atomic mass is 79.9. The largest absolute Gasteiger partial charge is 0.457 e. The highest BCUT2D eigenvalue weighted by Crippen LogP contribution is 2.59. The molecule has 180 valence electrons. The monoisotopic (exact) mass is 634 g/mol. The van der Waals surface area contributed by atoms with E-state index in [4.69, 9.17) is 11.6 Å². The fourth-order valence-electron chi connectivity index (χ4n) is 2.56. The summed E-state index contributed by atoms with van der Waals surface area (Å²) in [6.07, 6.45) is -13.6. The maximum Gasteiger partial charge on any atom is 0.457 e. The average molecular weight is 636 g/mol. The van der Waals surface area contributed by atoms with Crippen LogP contribution in [-0.2, 0) is 5.67 Å². The van der Waals surface area contributed by atoms with Crippen molar-refractivity contribution in [3.63, 3.8) is 0 Å². The summed E-state index contributed by atoms with van der Waals surface area (Å²) in [6, 6.07) is 3.52. The van der Waals surface area contributed by atoms with E-state index in [0.717, 1.165) is 12.1 Å². The van der Waals surface area contributed by atoms with Crippen molar-refractivity contribution in [1.29, 1.82) is 0 Å². The van der Waals surface area contributed by atoms with Crippen LogP contribution in [0.1, 0.15) is 15.9 Å². The van der Waals surface area contributed by atoms with Crippen LogP contribution in [0.4, 0.5) is 50.9 Å². The topological polar surface area (TPSA) is 58.5 Å². The van der Waals surface area contributed by atoms with E-state index in [1.54, 1.807) is 0 Å². The molecule has 0 saturated heterocycles. The Balaban J connectivity index is 2.60. The number of hydrogen-bond acceptors (Lipinski definition) is 3. The molecular formula is C17H6Br2ClF9N2O2. The Labute approximate surface area is 199 Å². The third kappa shape index (κ3) is 4.71. The first kappa shape index (κ1) is 27.4. The molecule has 0 saturated carbocycles. The summed E-state index contributed by atoms with van der Waals surface area (Å²) < 4.78 is 118. The molecule has 0 aliphatic carbocycles. The summed E-state index contributed by atoms with van der Waals surface area (Å²) >= 11 is 11.1. The predicted octanol–water partition coefficient (Wildman–Crippen LogP) is 8.44. The lowest BCUT2D eigenvalue weighted by molar-refractivity contribution is -0.389. The molecule has 1 unspecified atom stereocenters. The number of carbonyl (C=O) groups is 1. The van der Waals surface area contributed by atoms with Crippen molar-refractivity contribution in [3.05, 3.63) is 60.3 Å². The van der Waals surface area contributed by atoms with E-state index in [1.807, 2.05) is 0 Å². The Bertz CT molecular complexity index is 1090. The van der Waals surface area contributed by atoms with Crippen LogP contribution in [0.5, 0.6) is 0 Å². The number of benzene rings is 2. The molecule has 4 nitrogen and oxygen atoms in total. The lowest BCUT2D eigenvalue weighted by Crippen LogP contribution is -2.59. The fourth-order valence-corrected chi connectivity index (χ4v) is 4.19. The van der Waals surface area contributed by atoms with Gasteiger partial charge in [0.1, 0.15) is 5.69 Å². The van der Waals surface area contributed by atoms with E-state index in [-0.39, 0.29) is 23.4 Å². The molecule has 1 N–H and O–H groups in total. The average Bonchev–Trinajstić information content (AvgIpc) is 2.68. The minimum atomic E-state index is -6.89. The van der Waals surface area contributed by atoms with E-state index in [1.165, 1.54) is 6.07 Å². The number of nitrogens with zero attached hydrogens (tertiary/aromatic N) is 1. The van der Waals surface area contributed by atoms with Gasteiger partial charge in [-0.25, -0.2) is 4.39 Å². The van der Waals surface area contributed by atoms with Gasteiger partial charge in [0.2, 0.25) is 0 Å². The SMILES string of the molecule is O=Nc1cccc(C(=O)Nc2c(Br)cc(C(F)(C(F)(F)F)C(F)(F)C(F)(F)F)cc2Br)c1Cl. The van der Waals surface area contributed by atoms with Crippen molar-refractivity contribution >= 4 is 60.7 Å². The molecule has 2 aromatic carbocycles. The number of halogens is 12. The highest BCUT2D eigenvalue weighted by molar-refractivity contribution is 9.11. The Morgan fingerprint density at radius 2 is 1.42 bits per heavy atom. The van der Waals surface area contributed by atoms with Gasteiger partial charge >= 0.3 is 23.9 Å². The fraction of sp³-hybridized carbons (Fsp3) is 0.235. The molecule has 0 fully saturated rings. The first-order valence-electron chi connectivity index (χ1n) is 8.03. The first-order valence-corrected chi connectivity index (χ1v) is 9.99. The van der Waals surface area contributed by atoms with Crippen molar-refractivity contribution < 1.29 is 44.3 Å².